The summed E-state index contributed by atoms with van der Waals surface area (Å²) in [7, 11) is 0. The largest absolute Gasteiger partial charge is 0.368 e. The van der Waals surface area contributed by atoms with Crippen LogP contribution >= 0.6 is 0 Å². The van der Waals surface area contributed by atoms with E-state index in [-0.39, 0.29) is 18.4 Å². The second-order valence-electron chi connectivity index (χ2n) is 4.79. The third-order valence-corrected chi connectivity index (χ3v) is 3.35. The summed E-state index contributed by atoms with van der Waals surface area (Å²) in [4.78, 5) is 24.8. The van der Waals surface area contributed by atoms with Crippen LogP contribution in [0, 0.1) is 11.8 Å². The molecule has 0 saturated carbocycles. The van der Waals surface area contributed by atoms with Crippen molar-refractivity contribution < 1.29 is 9.59 Å². The summed E-state index contributed by atoms with van der Waals surface area (Å²) in [5, 5.41) is 3.16. The lowest BCUT2D eigenvalue weighted by atomic mass is 9.88. The van der Waals surface area contributed by atoms with E-state index in [0.717, 1.165) is 25.9 Å². The van der Waals surface area contributed by atoms with Gasteiger partial charge in [0.2, 0.25) is 11.8 Å². The number of nitrogens with one attached hydrogen (secondary N) is 1. The number of rotatable bonds is 7. The number of unbranched alkanes of at least 4 members (excludes halogenated alkanes) is 1. The van der Waals surface area contributed by atoms with Gasteiger partial charge in [-0.2, -0.15) is 0 Å². The Morgan fingerprint density at radius 2 is 2.12 bits per heavy atom. The Bertz CT molecular complexity index is 277. The molecule has 2 amide bonds. The van der Waals surface area contributed by atoms with Crippen LogP contribution in [0.25, 0.3) is 0 Å². The van der Waals surface area contributed by atoms with Crippen LogP contribution in [-0.2, 0) is 9.59 Å². The van der Waals surface area contributed by atoms with E-state index < -0.39 is 5.91 Å². The summed E-state index contributed by atoms with van der Waals surface area (Å²) in [6.45, 7) is 6.46. The molecular formula is C12H23N3O2. The molecule has 0 aromatic carbocycles. The molecule has 0 aromatic heterocycles. The van der Waals surface area contributed by atoms with Crippen LogP contribution in [0.15, 0.2) is 0 Å². The molecule has 5 heteroatoms. The van der Waals surface area contributed by atoms with Gasteiger partial charge < -0.3 is 16.0 Å². The maximum atomic E-state index is 12.2. The van der Waals surface area contributed by atoms with Crippen LogP contribution in [0.3, 0.4) is 0 Å². The molecule has 1 saturated heterocycles. The number of primary amides is 1. The Morgan fingerprint density at radius 3 is 2.53 bits per heavy atom. The molecular weight excluding hydrogens is 218 g/mol. The highest BCUT2D eigenvalue weighted by molar-refractivity contribution is 5.85. The van der Waals surface area contributed by atoms with Crippen LogP contribution in [-0.4, -0.2) is 42.9 Å². The molecule has 0 aliphatic carbocycles. The molecule has 98 valence electrons. The summed E-state index contributed by atoms with van der Waals surface area (Å²) in [6, 6.07) is 0. The third kappa shape index (κ3) is 4.00. The smallest absolute Gasteiger partial charge is 0.237 e. The van der Waals surface area contributed by atoms with Crippen LogP contribution < -0.4 is 11.1 Å². The van der Waals surface area contributed by atoms with Gasteiger partial charge >= 0.3 is 0 Å². The molecule has 0 bridgehead atoms. The predicted octanol–water partition coefficient (Wildman–Crippen LogP) is -0.0441. The molecule has 17 heavy (non-hydrogen) atoms. The molecule has 1 rings (SSSR count). The first-order valence-corrected chi connectivity index (χ1v) is 6.34. The van der Waals surface area contributed by atoms with Gasteiger partial charge in [-0.3, -0.25) is 9.59 Å². The minimum atomic E-state index is -0.437. The fourth-order valence-corrected chi connectivity index (χ4v) is 1.96. The lowest BCUT2D eigenvalue weighted by Crippen LogP contribution is -2.51. The van der Waals surface area contributed by atoms with E-state index in [1.54, 1.807) is 4.90 Å². The molecule has 1 atom stereocenters. The molecule has 0 spiro atoms. The minimum absolute atomic E-state index is 0.0209. The van der Waals surface area contributed by atoms with Crippen LogP contribution in [0.5, 0.6) is 0 Å². The van der Waals surface area contributed by atoms with E-state index in [1.165, 1.54) is 0 Å². The van der Waals surface area contributed by atoms with Crippen molar-refractivity contribution in [2.45, 2.75) is 26.7 Å². The lowest BCUT2D eigenvalue weighted by Gasteiger charge is -2.34. The van der Waals surface area contributed by atoms with E-state index in [1.807, 2.05) is 6.92 Å². The van der Waals surface area contributed by atoms with Gasteiger partial charge in [-0.1, -0.05) is 20.3 Å². The molecule has 1 fully saturated rings. The second-order valence-corrected chi connectivity index (χ2v) is 4.79. The van der Waals surface area contributed by atoms with E-state index in [4.69, 9.17) is 5.73 Å². The molecule has 3 N–H and O–H groups in total. The van der Waals surface area contributed by atoms with Gasteiger partial charge in [-0.25, -0.2) is 0 Å². The van der Waals surface area contributed by atoms with E-state index in [0.29, 0.717) is 12.5 Å². The number of hydrogen-bond donors (Lipinski definition) is 2. The van der Waals surface area contributed by atoms with Crippen molar-refractivity contribution in [3.05, 3.63) is 0 Å². The van der Waals surface area contributed by atoms with Gasteiger partial charge in [0.15, 0.2) is 0 Å². The Hall–Kier alpha value is -1.10. The maximum absolute atomic E-state index is 12.2. The first-order valence-electron chi connectivity index (χ1n) is 6.34. The van der Waals surface area contributed by atoms with E-state index in [2.05, 4.69) is 12.2 Å². The van der Waals surface area contributed by atoms with Crippen molar-refractivity contribution in [3.8, 4) is 0 Å². The Labute approximate surface area is 103 Å². The minimum Gasteiger partial charge on any atom is -0.368 e. The number of amides is 2. The van der Waals surface area contributed by atoms with Gasteiger partial charge in [0.1, 0.15) is 0 Å². The fourth-order valence-electron chi connectivity index (χ4n) is 1.96. The quantitative estimate of drug-likeness (QED) is 0.656. The number of nitrogens with two attached hydrogens (primary N) is 1. The molecule has 1 heterocycles. The average molecular weight is 241 g/mol. The second kappa shape index (κ2) is 6.59. The van der Waals surface area contributed by atoms with Crippen molar-refractivity contribution >= 4 is 11.8 Å². The summed E-state index contributed by atoms with van der Waals surface area (Å²) < 4.78 is 0. The molecule has 0 radical (unpaired) electrons. The van der Waals surface area contributed by atoms with Crippen molar-refractivity contribution in [1.29, 1.82) is 0 Å². The van der Waals surface area contributed by atoms with Crippen LogP contribution in [0.2, 0.25) is 0 Å². The number of carbonyl (C=O) groups excluding carboxylic acids is 2. The van der Waals surface area contributed by atoms with Crippen molar-refractivity contribution in [3.63, 3.8) is 0 Å². The van der Waals surface area contributed by atoms with Gasteiger partial charge in [0.25, 0.3) is 0 Å². The van der Waals surface area contributed by atoms with Gasteiger partial charge in [-0.05, 0) is 25.4 Å². The number of nitrogens with zero attached hydrogens (tertiary/aromatic N) is 1. The molecule has 1 aliphatic heterocycles. The topological polar surface area (TPSA) is 75.4 Å². The SMILES string of the molecule is CCCCN(CC(N)=O)C(=O)C(C)C1CNC1. The Balaban J connectivity index is 2.53. The standard InChI is InChI=1S/C12H23N3O2/c1-3-4-5-15(8-11(13)16)12(17)9(2)10-6-14-7-10/h9-10,14H,3-8H2,1-2H3,(H2,13,16). The first kappa shape index (κ1) is 14.0. The highest BCUT2D eigenvalue weighted by atomic mass is 16.2. The molecule has 5 nitrogen and oxygen atoms in total. The van der Waals surface area contributed by atoms with Gasteiger partial charge in [0, 0.05) is 12.5 Å². The molecule has 1 unspecified atom stereocenters. The zero-order chi connectivity index (χ0) is 12.8. The Kier molecular flexibility index (Phi) is 5.41. The van der Waals surface area contributed by atoms with Crippen molar-refractivity contribution in [2.75, 3.05) is 26.2 Å². The summed E-state index contributed by atoms with van der Waals surface area (Å²) in [5.74, 6) is 0.00379. The summed E-state index contributed by atoms with van der Waals surface area (Å²) in [5.41, 5.74) is 5.18. The normalized spacial score (nSPS) is 17.3. The van der Waals surface area contributed by atoms with Crippen LogP contribution in [0.4, 0.5) is 0 Å². The van der Waals surface area contributed by atoms with Crippen LogP contribution in [0.1, 0.15) is 26.7 Å². The lowest BCUT2D eigenvalue weighted by molar-refractivity contribution is -0.140. The van der Waals surface area contributed by atoms with Crippen molar-refractivity contribution in [1.82, 2.24) is 10.2 Å². The number of carbonyl (C=O) groups is 2. The fraction of sp³-hybridized carbons (Fsp3) is 0.833. The van der Waals surface area contributed by atoms with Crippen molar-refractivity contribution in [2.24, 2.45) is 17.6 Å². The summed E-state index contributed by atoms with van der Waals surface area (Å²) in [6.07, 6.45) is 1.91. The van der Waals surface area contributed by atoms with Gasteiger partial charge in [-0.15, -0.1) is 0 Å². The number of hydrogen-bond acceptors (Lipinski definition) is 3. The predicted molar refractivity (Wildman–Crippen MR) is 66.2 cm³/mol. The highest BCUT2D eigenvalue weighted by Crippen LogP contribution is 2.18. The van der Waals surface area contributed by atoms with Gasteiger partial charge in [0.05, 0.1) is 6.54 Å². The first-order chi connectivity index (χ1) is 8.06. The Morgan fingerprint density at radius 1 is 1.47 bits per heavy atom. The average Bonchev–Trinajstić information content (AvgIpc) is 2.20. The zero-order valence-electron chi connectivity index (χ0n) is 10.7. The molecule has 0 aromatic rings. The van der Waals surface area contributed by atoms with E-state index >= 15 is 0 Å². The summed E-state index contributed by atoms with van der Waals surface area (Å²) >= 11 is 0. The zero-order valence-corrected chi connectivity index (χ0v) is 10.7. The maximum Gasteiger partial charge on any atom is 0.237 e. The molecule has 1 aliphatic rings. The van der Waals surface area contributed by atoms with E-state index in [9.17, 15) is 9.59 Å². The monoisotopic (exact) mass is 241 g/mol. The highest BCUT2D eigenvalue weighted by Gasteiger charge is 2.31. The third-order valence-electron chi connectivity index (χ3n) is 3.35.